The molecule has 2 rings (SSSR count). The molecule has 0 bridgehead atoms. The maximum Gasteiger partial charge on any atom is 0.0668 e. The second kappa shape index (κ2) is 5.83. The van der Waals surface area contributed by atoms with Crippen LogP contribution in [-0.2, 0) is 6.54 Å². The van der Waals surface area contributed by atoms with Crippen LogP contribution >= 0.6 is 31.9 Å². The highest BCUT2D eigenvalue weighted by molar-refractivity contribution is 9.11. The summed E-state index contributed by atoms with van der Waals surface area (Å²) < 4.78 is 2.18. The van der Waals surface area contributed by atoms with Crippen LogP contribution < -0.4 is 0 Å². The zero-order valence-corrected chi connectivity index (χ0v) is 13.0. The first kappa shape index (κ1) is 13.5. The Labute approximate surface area is 119 Å². The van der Waals surface area contributed by atoms with E-state index in [2.05, 4.69) is 55.8 Å². The molecule has 94 valence electrons. The Hall–Kier alpha value is 0.1000. The number of likely N-dealkylation sites (tertiary alicyclic amines) is 1. The summed E-state index contributed by atoms with van der Waals surface area (Å²) in [6, 6.07) is 6.87. The van der Waals surface area contributed by atoms with Gasteiger partial charge in [0.05, 0.1) is 6.10 Å². The number of aliphatic hydroxyl groups is 1. The van der Waals surface area contributed by atoms with Gasteiger partial charge >= 0.3 is 0 Å². The predicted octanol–water partition coefficient (Wildman–Crippen LogP) is 3.56. The Morgan fingerprint density at radius 3 is 2.53 bits per heavy atom. The monoisotopic (exact) mass is 361 g/mol. The molecular weight excluding hydrogens is 346 g/mol. The third-order valence-electron chi connectivity index (χ3n) is 3.29. The highest BCUT2D eigenvalue weighted by Crippen LogP contribution is 2.24. The average molecular weight is 363 g/mol. The maximum atomic E-state index is 9.72. The highest BCUT2D eigenvalue weighted by atomic mass is 79.9. The van der Waals surface area contributed by atoms with Gasteiger partial charge in [0.25, 0.3) is 0 Å². The first-order chi connectivity index (χ1) is 8.04. The molecule has 0 unspecified atom stereocenters. The van der Waals surface area contributed by atoms with Crippen molar-refractivity contribution in [3.63, 3.8) is 0 Å². The van der Waals surface area contributed by atoms with Gasteiger partial charge in [0.2, 0.25) is 0 Å². The van der Waals surface area contributed by atoms with Crippen molar-refractivity contribution in [2.45, 2.75) is 38.5 Å². The van der Waals surface area contributed by atoms with E-state index in [9.17, 15) is 5.11 Å². The van der Waals surface area contributed by atoms with Gasteiger partial charge in [0.15, 0.2) is 0 Å². The second-order valence-corrected chi connectivity index (χ2v) is 6.62. The molecule has 1 aromatic rings. The molecule has 1 aliphatic heterocycles. The van der Waals surface area contributed by atoms with Crippen LogP contribution in [0.15, 0.2) is 27.1 Å². The average Bonchev–Trinajstić information content (AvgIpc) is 2.22. The number of benzene rings is 1. The Morgan fingerprint density at radius 1 is 1.24 bits per heavy atom. The molecular formula is C13H17Br2NO. The summed E-state index contributed by atoms with van der Waals surface area (Å²) in [5, 5.41) is 9.72. The minimum absolute atomic E-state index is 0.165. The van der Waals surface area contributed by atoms with Gasteiger partial charge < -0.3 is 5.11 Å². The molecule has 1 heterocycles. The number of halogens is 2. The van der Waals surface area contributed by atoms with Crippen LogP contribution in [0.5, 0.6) is 0 Å². The first-order valence-electron chi connectivity index (χ1n) is 5.91. The lowest BCUT2D eigenvalue weighted by Crippen LogP contribution is -2.43. The molecule has 1 aliphatic rings. The van der Waals surface area contributed by atoms with E-state index in [1.807, 2.05) is 6.07 Å². The van der Waals surface area contributed by atoms with Crippen molar-refractivity contribution >= 4 is 31.9 Å². The number of hydrogen-bond donors (Lipinski definition) is 1. The van der Waals surface area contributed by atoms with E-state index in [-0.39, 0.29) is 6.10 Å². The van der Waals surface area contributed by atoms with Crippen LogP contribution in [0.3, 0.4) is 0 Å². The molecule has 17 heavy (non-hydrogen) atoms. The van der Waals surface area contributed by atoms with E-state index >= 15 is 0 Å². The Morgan fingerprint density at radius 2 is 1.88 bits per heavy atom. The molecule has 1 aromatic carbocycles. The number of nitrogens with zero attached hydrogens (tertiary/aromatic N) is 1. The van der Waals surface area contributed by atoms with Crippen molar-refractivity contribution in [3.8, 4) is 0 Å². The summed E-state index contributed by atoms with van der Waals surface area (Å²) in [6.07, 6.45) is 1.85. The lowest BCUT2D eigenvalue weighted by Gasteiger charge is -2.36. The summed E-state index contributed by atoms with van der Waals surface area (Å²) >= 11 is 7.01. The van der Waals surface area contributed by atoms with Gasteiger partial charge in [-0.15, -0.1) is 0 Å². The van der Waals surface area contributed by atoms with E-state index in [1.54, 1.807) is 0 Å². The topological polar surface area (TPSA) is 23.5 Å². The zero-order chi connectivity index (χ0) is 12.4. The van der Waals surface area contributed by atoms with Crippen molar-refractivity contribution in [1.82, 2.24) is 4.90 Å². The van der Waals surface area contributed by atoms with E-state index in [0.29, 0.717) is 6.04 Å². The van der Waals surface area contributed by atoms with E-state index < -0.39 is 0 Å². The molecule has 0 spiro atoms. The van der Waals surface area contributed by atoms with Crippen LogP contribution in [0.2, 0.25) is 0 Å². The first-order valence-corrected chi connectivity index (χ1v) is 7.50. The van der Waals surface area contributed by atoms with E-state index in [1.165, 1.54) is 5.56 Å². The maximum absolute atomic E-state index is 9.72. The quantitative estimate of drug-likeness (QED) is 0.869. The molecule has 1 fully saturated rings. The third kappa shape index (κ3) is 3.78. The van der Waals surface area contributed by atoms with Crippen LogP contribution in [0.1, 0.15) is 25.3 Å². The van der Waals surface area contributed by atoms with Crippen molar-refractivity contribution in [3.05, 3.63) is 32.7 Å². The molecule has 1 N–H and O–H groups in total. The zero-order valence-electron chi connectivity index (χ0n) is 9.87. The van der Waals surface area contributed by atoms with Gasteiger partial charge in [-0.3, -0.25) is 4.90 Å². The third-order valence-corrected chi connectivity index (χ3v) is 4.21. The van der Waals surface area contributed by atoms with Gasteiger partial charge in [-0.1, -0.05) is 31.9 Å². The molecule has 0 saturated carbocycles. The smallest absolute Gasteiger partial charge is 0.0668 e. The molecule has 0 amide bonds. The fourth-order valence-corrected chi connectivity index (χ4v) is 3.70. The van der Waals surface area contributed by atoms with Crippen LogP contribution in [-0.4, -0.2) is 28.7 Å². The van der Waals surface area contributed by atoms with Gasteiger partial charge in [-0.05, 0) is 43.5 Å². The molecule has 0 aliphatic carbocycles. The predicted molar refractivity (Wildman–Crippen MR) is 77.0 cm³/mol. The van der Waals surface area contributed by atoms with Crippen LogP contribution in [0.25, 0.3) is 0 Å². The summed E-state index contributed by atoms with van der Waals surface area (Å²) in [5.74, 6) is 0. The number of β-amino-alcohol motifs (C(OH)–C–C–N with tert-alkyl or cyclic N) is 1. The molecule has 4 heteroatoms. The second-order valence-electron chi connectivity index (χ2n) is 4.79. The van der Waals surface area contributed by atoms with Gasteiger partial charge in [-0.25, -0.2) is 0 Å². The summed E-state index contributed by atoms with van der Waals surface area (Å²) in [6.45, 7) is 3.92. The minimum Gasteiger partial charge on any atom is -0.392 e. The molecule has 0 aromatic heterocycles. The normalized spacial score (nSPS) is 26.1. The Kier molecular flexibility index (Phi) is 4.64. The van der Waals surface area contributed by atoms with Gasteiger partial charge in [0.1, 0.15) is 0 Å². The fourth-order valence-electron chi connectivity index (χ4n) is 2.32. The number of hydrogen-bond acceptors (Lipinski definition) is 2. The number of aliphatic hydroxyl groups excluding tert-OH is 1. The Bertz CT molecular complexity index is 377. The fraction of sp³-hybridized carbons (Fsp3) is 0.538. The number of rotatable bonds is 2. The largest absolute Gasteiger partial charge is 0.392 e. The van der Waals surface area contributed by atoms with Crippen molar-refractivity contribution in [2.75, 3.05) is 6.54 Å². The molecule has 1 saturated heterocycles. The van der Waals surface area contributed by atoms with Gasteiger partial charge in [0, 0.05) is 28.1 Å². The van der Waals surface area contributed by atoms with Crippen LogP contribution in [0.4, 0.5) is 0 Å². The van der Waals surface area contributed by atoms with Gasteiger partial charge in [-0.2, -0.15) is 0 Å². The molecule has 2 nitrogen and oxygen atoms in total. The van der Waals surface area contributed by atoms with Crippen molar-refractivity contribution in [2.24, 2.45) is 0 Å². The molecule has 0 radical (unpaired) electrons. The highest BCUT2D eigenvalue weighted by Gasteiger charge is 2.23. The lowest BCUT2D eigenvalue weighted by molar-refractivity contribution is 0.0364. The summed E-state index contributed by atoms with van der Waals surface area (Å²) in [7, 11) is 0. The van der Waals surface area contributed by atoms with Crippen LogP contribution in [0, 0.1) is 0 Å². The van der Waals surface area contributed by atoms with Crippen molar-refractivity contribution in [1.29, 1.82) is 0 Å². The van der Waals surface area contributed by atoms with Crippen molar-refractivity contribution < 1.29 is 5.11 Å². The lowest BCUT2D eigenvalue weighted by atomic mass is 10.0. The SMILES string of the molecule is C[C@@H]1CC[C@@H](O)CN1Cc1cc(Br)cc(Br)c1. The van der Waals surface area contributed by atoms with E-state index in [4.69, 9.17) is 0 Å². The minimum atomic E-state index is -0.165. The van der Waals surface area contributed by atoms with E-state index in [0.717, 1.165) is 34.9 Å². The standard InChI is InChI=1S/C13H17Br2NO/c1-9-2-3-13(17)8-16(9)7-10-4-11(14)6-12(15)5-10/h4-6,9,13,17H,2-3,7-8H2,1H3/t9-,13-/m1/s1. The summed E-state index contributed by atoms with van der Waals surface area (Å²) in [4.78, 5) is 2.35. The summed E-state index contributed by atoms with van der Waals surface area (Å²) in [5.41, 5.74) is 1.27. The molecule has 2 atom stereocenters. The number of piperidine rings is 1. The Balaban J connectivity index is 2.08.